The van der Waals surface area contributed by atoms with E-state index in [1.54, 1.807) is 12.1 Å². The summed E-state index contributed by atoms with van der Waals surface area (Å²) in [5, 5.41) is 12.0. The van der Waals surface area contributed by atoms with Crippen LogP contribution in [0.2, 0.25) is 0 Å². The maximum Gasteiger partial charge on any atom is 0.335 e. The van der Waals surface area contributed by atoms with Gasteiger partial charge in [-0.1, -0.05) is 26.7 Å². The van der Waals surface area contributed by atoms with Crippen molar-refractivity contribution in [1.82, 2.24) is 5.32 Å². The first-order valence-electron chi connectivity index (χ1n) is 7.63. The molecule has 0 radical (unpaired) electrons. The molecule has 2 unspecified atom stereocenters. The number of hydrogen-bond donors (Lipinski definition) is 2. The van der Waals surface area contributed by atoms with Crippen LogP contribution in [0.1, 0.15) is 60.2 Å². The van der Waals surface area contributed by atoms with E-state index >= 15 is 0 Å². The van der Waals surface area contributed by atoms with E-state index in [2.05, 4.69) is 19.2 Å². The normalized spacial score (nSPS) is 22.0. The minimum atomic E-state index is -0.978. The van der Waals surface area contributed by atoms with Crippen LogP contribution in [0.25, 0.3) is 0 Å². The topological polar surface area (TPSA) is 66.4 Å². The summed E-state index contributed by atoms with van der Waals surface area (Å²) in [6, 6.07) is 6.32. The van der Waals surface area contributed by atoms with E-state index in [9.17, 15) is 9.59 Å². The third-order valence-electron chi connectivity index (χ3n) is 4.39. The van der Waals surface area contributed by atoms with Gasteiger partial charge in [-0.05, 0) is 48.9 Å². The second-order valence-corrected chi connectivity index (χ2v) is 6.15. The van der Waals surface area contributed by atoms with E-state index in [-0.39, 0.29) is 17.5 Å². The summed E-state index contributed by atoms with van der Waals surface area (Å²) in [6.07, 6.45) is 4.59. The number of amides is 1. The highest BCUT2D eigenvalue weighted by atomic mass is 16.4. The largest absolute Gasteiger partial charge is 0.478 e. The highest BCUT2D eigenvalue weighted by Gasteiger charge is 2.28. The fourth-order valence-electron chi connectivity index (χ4n) is 3.15. The van der Waals surface area contributed by atoms with Crippen molar-refractivity contribution >= 4 is 11.9 Å². The quantitative estimate of drug-likeness (QED) is 0.893. The standard InChI is InChI=1S/C17H23NO3/c1-11(2)14-5-3-4-6-15(14)18-16(19)12-7-9-13(10-8-12)17(20)21/h7-11,14-15H,3-6H2,1-2H3,(H,18,19)(H,20,21). The van der Waals surface area contributed by atoms with Gasteiger partial charge in [-0.15, -0.1) is 0 Å². The number of carbonyl (C=O) groups is 2. The number of carbonyl (C=O) groups excluding carboxylic acids is 1. The van der Waals surface area contributed by atoms with Gasteiger partial charge in [-0.3, -0.25) is 4.79 Å². The number of nitrogens with one attached hydrogen (secondary N) is 1. The predicted octanol–water partition coefficient (Wildman–Crippen LogP) is 3.33. The third kappa shape index (κ3) is 3.84. The number of aromatic carboxylic acids is 1. The molecule has 0 saturated heterocycles. The lowest BCUT2D eigenvalue weighted by Gasteiger charge is -2.34. The molecular weight excluding hydrogens is 266 g/mol. The molecule has 0 heterocycles. The Morgan fingerprint density at radius 3 is 2.24 bits per heavy atom. The van der Waals surface area contributed by atoms with Crippen molar-refractivity contribution in [1.29, 1.82) is 0 Å². The van der Waals surface area contributed by atoms with Gasteiger partial charge in [0.2, 0.25) is 0 Å². The van der Waals surface area contributed by atoms with Gasteiger partial charge in [0.1, 0.15) is 0 Å². The van der Waals surface area contributed by atoms with Crippen molar-refractivity contribution in [2.45, 2.75) is 45.6 Å². The summed E-state index contributed by atoms with van der Waals surface area (Å²) >= 11 is 0. The maximum absolute atomic E-state index is 12.3. The lowest BCUT2D eigenvalue weighted by Crippen LogP contribution is -2.43. The lowest BCUT2D eigenvalue weighted by molar-refractivity contribution is 0.0696. The van der Waals surface area contributed by atoms with Gasteiger partial charge in [0.25, 0.3) is 5.91 Å². The van der Waals surface area contributed by atoms with Crippen molar-refractivity contribution in [3.63, 3.8) is 0 Å². The molecule has 1 amide bonds. The van der Waals surface area contributed by atoms with Crippen LogP contribution in [-0.2, 0) is 0 Å². The van der Waals surface area contributed by atoms with Crippen LogP contribution in [0.4, 0.5) is 0 Å². The smallest absolute Gasteiger partial charge is 0.335 e. The molecule has 4 nitrogen and oxygen atoms in total. The van der Waals surface area contributed by atoms with Crippen molar-refractivity contribution < 1.29 is 14.7 Å². The summed E-state index contributed by atoms with van der Waals surface area (Å²) < 4.78 is 0. The summed E-state index contributed by atoms with van der Waals surface area (Å²) in [4.78, 5) is 23.1. The molecule has 1 aliphatic carbocycles. The second kappa shape index (κ2) is 6.74. The molecule has 1 aromatic carbocycles. The first-order valence-corrected chi connectivity index (χ1v) is 7.63. The maximum atomic E-state index is 12.3. The van der Waals surface area contributed by atoms with Crippen molar-refractivity contribution in [2.75, 3.05) is 0 Å². The third-order valence-corrected chi connectivity index (χ3v) is 4.39. The Balaban J connectivity index is 2.04. The molecule has 2 N–H and O–H groups in total. The van der Waals surface area contributed by atoms with Crippen LogP contribution in [0.5, 0.6) is 0 Å². The zero-order valence-corrected chi connectivity index (χ0v) is 12.6. The molecule has 2 rings (SSSR count). The fourth-order valence-corrected chi connectivity index (χ4v) is 3.15. The van der Waals surface area contributed by atoms with Gasteiger partial charge in [0.15, 0.2) is 0 Å². The van der Waals surface area contributed by atoms with Crippen LogP contribution >= 0.6 is 0 Å². The molecule has 0 spiro atoms. The first-order chi connectivity index (χ1) is 9.99. The van der Waals surface area contributed by atoms with Crippen molar-refractivity contribution in [3.05, 3.63) is 35.4 Å². The molecule has 1 aliphatic rings. The second-order valence-electron chi connectivity index (χ2n) is 6.15. The highest BCUT2D eigenvalue weighted by molar-refractivity contribution is 5.96. The van der Waals surface area contributed by atoms with Crippen molar-refractivity contribution in [2.24, 2.45) is 11.8 Å². The van der Waals surface area contributed by atoms with Gasteiger partial charge in [-0.2, -0.15) is 0 Å². The number of benzene rings is 1. The van der Waals surface area contributed by atoms with Gasteiger partial charge in [0.05, 0.1) is 5.56 Å². The van der Waals surface area contributed by atoms with Crippen LogP contribution in [0.15, 0.2) is 24.3 Å². The first kappa shape index (κ1) is 15.5. The molecule has 21 heavy (non-hydrogen) atoms. The Hall–Kier alpha value is -1.84. The SMILES string of the molecule is CC(C)C1CCCCC1NC(=O)c1ccc(C(=O)O)cc1. The van der Waals surface area contributed by atoms with E-state index in [0.29, 0.717) is 17.4 Å². The Morgan fingerprint density at radius 1 is 1.10 bits per heavy atom. The van der Waals surface area contributed by atoms with Gasteiger partial charge in [-0.25, -0.2) is 4.79 Å². The van der Waals surface area contributed by atoms with Gasteiger partial charge < -0.3 is 10.4 Å². The molecule has 1 aromatic rings. The number of rotatable bonds is 4. The Kier molecular flexibility index (Phi) is 4.99. The Bertz CT molecular complexity index is 507. The molecule has 0 aliphatic heterocycles. The zero-order valence-electron chi connectivity index (χ0n) is 12.6. The van der Waals surface area contributed by atoms with Crippen LogP contribution in [0.3, 0.4) is 0 Å². The summed E-state index contributed by atoms with van der Waals surface area (Å²) in [7, 11) is 0. The summed E-state index contributed by atoms with van der Waals surface area (Å²) in [5.74, 6) is 0.00424. The minimum Gasteiger partial charge on any atom is -0.478 e. The van der Waals surface area contributed by atoms with Gasteiger partial charge in [0, 0.05) is 11.6 Å². The monoisotopic (exact) mass is 289 g/mol. The van der Waals surface area contributed by atoms with Gasteiger partial charge >= 0.3 is 5.97 Å². The van der Waals surface area contributed by atoms with E-state index < -0.39 is 5.97 Å². The van der Waals surface area contributed by atoms with Crippen LogP contribution < -0.4 is 5.32 Å². The number of hydrogen-bond acceptors (Lipinski definition) is 2. The Morgan fingerprint density at radius 2 is 1.67 bits per heavy atom. The molecule has 0 aromatic heterocycles. The highest BCUT2D eigenvalue weighted by Crippen LogP contribution is 2.30. The average Bonchev–Trinajstić information content (AvgIpc) is 2.47. The fraction of sp³-hybridized carbons (Fsp3) is 0.529. The predicted molar refractivity (Wildman–Crippen MR) is 81.5 cm³/mol. The molecule has 1 saturated carbocycles. The number of carboxylic acid groups (broad SMARTS) is 1. The van der Waals surface area contributed by atoms with E-state index in [1.165, 1.54) is 25.0 Å². The molecule has 114 valence electrons. The van der Waals surface area contributed by atoms with Crippen molar-refractivity contribution in [3.8, 4) is 0 Å². The van der Waals surface area contributed by atoms with E-state index in [4.69, 9.17) is 5.11 Å². The molecule has 0 bridgehead atoms. The Labute approximate surface area is 125 Å². The summed E-state index contributed by atoms with van der Waals surface area (Å²) in [5.41, 5.74) is 0.720. The molecular formula is C17H23NO3. The minimum absolute atomic E-state index is 0.107. The van der Waals surface area contributed by atoms with Crippen LogP contribution in [-0.4, -0.2) is 23.0 Å². The summed E-state index contributed by atoms with van der Waals surface area (Å²) in [6.45, 7) is 4.41. The number of carboxylic acids is 1. The molecule has 4 heteroatoms. The molecule has 2 atom stereocenters. The van der Waals surface area contributed by atoms with E-state index in [0.717, 1.165) is 12.8 Å². The lowest BCUT2D eigenvalue weighted by atomic mass is 9.78. The molecule has 1 fully saturated rings. The average molecular weight is 289 g/mol. The van der Waals surface area contributed by atoms with E-state index in [1.807, 2.05) is 0 Å². The van der Waals surface area contributed by atoms with Crippen LogP contribution in [0, 0.1) is 11.8 Å². The zero-order chi connectivity index (χ0) is 15.4.